The van der Waals surface area contributed by atoms with Crippen LogP contribution >= 0.6 is 0 Å². The number of aliphatic hydroxyl groups excluding tert-OH is 1. The molecule has 1 N–H and O–H groups in total. The molecule has 1 heterocycles. The fourth-order valence-electron chi connectivity index (χ4n) is 4.57. The lowest BCUT2D eigenvalue weighted by atomic mass is 9.96. The molecule has 3 atom stereocenters. The van der Waals surface area contributed by atoms with Crippen molar-refractivity contribution in [2.24, 2.45) is 5.92 Å². The van der Waals surface area contributed by atoms with Crippen LogP contribution in [0, 0.1) is 5.92 Å². The molecule has 0 aromatic heterocycles. The molecule has 0 radical (unpaired) electrons. The summed E-state index contributed by atoms with van der Waals surface area (Å²) in [7, 11) is -1.87. The Hall–Kier alpha value is -0.653. The van der Waals surface area contributed by atoms with Gasteiger partial charge in [0.15, 0.2) is 8.32 Å². The molecule has 0 aromatic carbocycles. The zero-order valence-electron chi connectivity index (χ0n) is 18.0. The van der Waals surface area contributed by atoms with Gasteiger partial charge in [-0.25, -0.2) is 0 Å². The Morgan fingerprint density at radius 2 is 1.77 bits per heavy atom. The largest absolute Gasteiger partial charge is 0.458 e. The summed E-state index contributed by atoms with van der Waals surface area (Å²) in [6.07, 6.45) is 2.88. The Bertz CT molecular complexity index is 463. The normalized spacial score (nSPS) is 23.7. The summed E-state index contributed by atoms with van der Waals surface area (Å²) in [5.74, 6) is -0.00691. The molecule has 0 bridgehead atoms. The minimum absolute atomic E-state index is 0.107. The van der Waals surface area contributed by atoms with E-state index in [1.165, 1.54) is 0 Å². The summed E-state index contributed by atoms with van der Waals surface area (Å²) < 4.78 is 12.2. The SMILES string of the molecule is CC[C@H](/C=C(/C)[C@H]1C[C@@H](O)CC(=O)O1)CO[Si](C(C)C)(C(C)C)C(C)C. The number of rotatable bonds is 9. The molecule has 26 heavy (non-hydrogen) atoms. The van der Waals surface area contributed by atoms with E-state index in [1.807, 2.05) is 6.92 Å². The molecule has 152 valence electrons. The van der Waals surface area contributed by atoms with Gasteiger partial charge in [-0.1, -0.05) is 54.5 Å². The molecule has 5 heteroatoms. The molecule has 0 saturated carbocycles. The van der Waals surface area contributed by atoms with E-state index in [-0.39, 0.29) is 18.5 Å². The van der Waals surface area contributed by atoms with Crippen molar-refractivity contribution in [2.45, 2.75) is 103 Å². The molecule has 0 aliphatic carbocycles. The van der Waals surface area contributed by atoms with E-state index >= 15 is 0 Å². The minimum Gasteiger partial charge on any atom is -0.458 e. The van der Waals surface area contributed by atoms with Gasteiger partial charge in [-0.05, 0) is 41.5 Å². The van der Waals surface area contributed by atoms with Crippen LogP contribution in [-0.2, 0) is 14.0 Å². The standard InChI is InChI=1S/C21H40O4Si/c1-9-18(10-17(8)20-11-19(22)12-21(23)25-20)13-24-26(14(2)3,15(4)5)16(6)7/h10,14-16,18-20,22H,9,11-13H2,1-8H3/b17-10-/t18-,19-,20-/m1/s1. The van der Waals surface area contributed by atoms with E-state index in [2.05, 4.69) is 54.5 Å². The second-order valence-electron chi connectivity index (χ2n) is 8.78. The van der Waals surface area contributed by atoms with Gasteiger partial charge in [0.2, 0.25) is 0 Å². The number of cyclic esters (lactones) is 1. The molecule has 1 rings (SSSR count). The maximum atomic E-state index is 11.6. The van der Waals surface area contributed by atoms with Crippen LogP contribution in [0.25, 0.3) is 0 Å². The number of hydrogen-bond acceptors (Lipinski definition) is 4. The van der Waals surface area contributed by atoms with Crippen molar-refractivity contribution in [2.75, 3.05) is 6.61 Å². The highest BCUT2D eigenvalue weighted by Crippen LogP contribution is 2.42. The first-order chi connectivity index (χ1) is 12.0. The molecular weight excluding hydrogens is 344 g/mol. The van der Waals surface area contributed by atoms with Crippen molar-refractivity contribution in [3.63, 3.8) is 0 Å². The van der Waals surface area contributed by atoms with E-state index in [1.54, 1.807) is 0 Å². The molecule has 1 fully saturated rings. The van der Waals surface area contributed by atoms with Gasteiger partial charge in [0, 0.05) is 13.0 Å². The zero-order chi connectivity index (χ0) is 20.1. The minimum atomic E-state index is -1.87. The first kappa shape index (κ1) is 23.4. The molecule has 1 aliphatic heterocycles. The molecule has 0 aromatic rings. The van der Waals surface area contributed by atoms with Crippen molar-refractivity contribution >= 4 is 14.3 Å². The lowest BCUT2D eigenvalue weighted by molar-refractivity contribution is -0.157. The van der Waals surface area contributed by atoms with Crippen LogP contribution < -0.4 is 0 Å². The Morgan fingerprint density at radius 3 is 2.19 bits per heavy atom. The van der Waals surface area contributed by atoms with E-state index < -0.39 is 14.4 Å². The number of carbonyl (C=O) groups is 1. The van der Waals surface area contributed by atoms with Crippen LogP contribution in [0.3, 0.4) is 0 Å². The van der Waals surface area contributed by atoms with E-state index in [0.717, 1.165) is 18.6 Å². The quantitative estimate of drug-likeness (QED) is 0.336. The maximum absolute atomic E-state index is 11.6. The van der Waals surface area contributed by atoms with Crippen LogP contribution in [0.2, 0.25) is 16.6 Å². The predicted molar refractivity (Wildman–Crippen MR) is 110 cm³/mol. The van der Waals surface area contributed by atoms with Gasteiger partial charge in [0.25, 0.3) is 0 Å². The Labute approximate surface area is 161 Å². The van der Waals surface area contributed by atoms with Crippen LogP contribution in [0.1, 0.15) is 74.7 Å². The highest BCUT2D eigenvalue weighted by Gasteiger charge is 2.45. The summed E-state index contributed by atoms with van der Waals surface area (Å²) >= 11 is 0. The first-order valence-corrected chi connectivity index (χ1v) is 12.4. The Kier molecular flexibility index (Phi) is 9.04. The van der Waals surface area contributed by atoms with Crippen molar-refractivity contribution in [3.8, 4) is 0 Å². The zero-order valence-corrected chi connectivity index (χ0v) is 19.0. The van der Waals surface area contributed by atoms with E-state index in [9.17, 15) is 9.90 Å². The van der Waals surface area contributed by atoms with Gasteiger partial charge < -0.3 is 14.3 Å². The number of hydrogen-bond donors (Lipinski definition) is 1. The number of esters is 1. The monoisotopic (exact) mass is 384 g/mol. The summed E-state index contributed by atoms with van der Waals surface area (Å²) in [6.45, 7) is 18.7. The average molecular weight is 385 g/mol. The summed E-state index contributed by atoms with van der Waals surface area (Å²) in [6, 6.07) is 0. The Morgan fingerprint density at radius 1 is 1.23 bits per heavy atom. The fraction of sp³-hybridized carbons (Fsp3) is 0.857. The molecule has 0 spiro atoms. The van der Waals surface area contributed by atoms with Gasteiger partial charge in [0.1, 0.15) is 6.10 Å². The molecule has 0 amide bonds. The van der Waals surface area contributed by atoms with Crippen molar-refractivity contribution in [1.29, 1.82) is 0 Å². The van der Waals surface area contributed by atoms with Crippen molar-refractivity contribution in [1.82, 2.24) is 0 Å². The van der Waals surface area contributed by atoms with E-state index in [4.69, 9.17) is 9.16 Å². The first-order valence-electron chi connectivity index (χ1n) is 10.2. The van der Waals surface area contributed by atoms with Gasteiger partial charge in [-0.15, -0.1) is 0 Å². The highest BCUT2D eigenvalue weighted by molar-refractivity contribution is 6.77. The highest BCUT2D eigenvalue weighted by atomic mass is 28.4. The summed E-state index contributed by atoms with van der Waals surface area (Å²) in [4.78, 5) is 11.6. The average Bonchev–Trinajstić information content (AvgIpc) is 2.52. The maximum Gasteiger partial charge on any atom is 0.309 e. The second-order valence-corrected chi connectivity index (χ2v) is 14.2. The lowest BCUT2D eigenvalue weighted by Gasteiger charge is -2.43. The van der Waals surface area contributed by atoms with Crippen LogP contribution in [0.4, 0.5) is 0 Å². The fourth-order valence-corrected chi connectivity index (χ4v) is 10.1. The smallest absolute Gasteiger partial charge is 0.309 e. The van der Waals surface area contributed by atoms with E-state index in [0.29, 0.717) is 29.0 Å². The molecule has 4 nitrogen and oxygen atoms in total. The van der Waals surface area contributed by atoms with Crippen LogP contribution in [0.5, 0.6) is 0 Å². The molecular formula is C21H40O4Si. The third-order valence-electron chi connectivity index (χ3n) is 5.95. The number of ether oxygens (including phenoxy) is 1. The van der Waals surface area contributed by atoms with Crippen molar-refractivity contribution in [3.05, 3.63) is 11.6 Å². The van der Waals surface area contributed by atoms with Crippen LogP contribution in [0.15, 0.2) is 11.6 Å². The molecule has 0 unspecified atom stereocenters. The second kappa shape index (κ2) is 10.0. The van der Waals surface area contributed by atoms with Gasteiger partial charge in [-0.2, -0.15) is 0 Å². The van der Waals surface area contributed by atoms with Gasteiger partial charge in [0.05, 0.1) is 12.5 Å². The summed E-state index contributed by atoms with van der Waals surface area (Å²) in [5.41, 5.74) is 2.73. The van der Waals surface area contributed by atoms with Gasteiger partial charge >= 0.3 is 5.97 Å². The van der Waals surface area contributed by atoms with Crippen LogP contribution in [-0.4, -0.2) is 38.2 Å². The topological polar surface area (TPSA) is 55.8 Å². The lowest BCUT2D eigenvalue weighted by Crippen LogP contribution is -2.48. The third kappa shape index (κ3) is 5.67. The van der Waals surface area contributed by atoms with Crippen molar-refractivity contribution < 1.29 is 19.1 Å². The molecule has 1 saturated heterocycles. The third-order valence-corrected chi connectivity index (χ3v) is 12.0. The summed E-state index contributed by atoms with van der Waals surface area (Å²) in [5, 5.41) is 9.84. The molecule has 1 aliphatic rings. The number of aliphatic hydroxyl groups is 1. The predicted octanol–water partition coefficient (Wildman–Crippen LogP) is 5.22. The number of carbonyl (C=O) groups excluding carboxylic acids is 1. The Balaban J connectivity index is 2.86. The van der Waals surface area contributed by atoms with Gasteiger partial charge in [-0.3, -0.25) is 4.79 Å².